The van der Waals surface area contributed by atoms with Crippen molar-refractivity contribution in [1.29, 1.82) is 0 Å². The molecule has 5 heteroatoms. The highest BCUT2D eigenvalue weighted by molar-refractivity contribution is 6.09. The van der Waals surface area contributed by atoms with Gasteiger partial charge in [0.1, 0.15) is 24.0 Å². The Hall–Kier alpha value is -5.55. The average Bonchev–Trinajstić information content (AvgIpc) is 3.66. The molecule has 8 rings (SSSR count). The quantitative estimate of drug-likeness (QED) is 0.178. The molecule has 0 aliphatic carbocycles. The zero-order valence-corrected chi connectivity index (χ0v) is 33.5. The molecule has 0 spiro atoms. The molecule has 274 valence electrons. The van der Waals surface area contributed by atoms with E-state index in [0.717, 1.165) is 39.6 Å². The van der Waals surface area contributed by atoms with Gasteiger partial charge in [-0.2, -0.15) is 0 Å². The molecule has 0 radical (unpaired) electrons. The number of hydrogen-bond donors (Lipinski definition) is 0. The van der Waals surface area contributed by atoms with Gasteiger partial charge in [0.2, 0.25) is 0 Å². The van der Waals surface area contributed by atoms with Gasteiger partial charge >= 0.3 is 0 Å². The Kier molecular flexibility index (Phi) is 8.41. The lowest BCUT2D eigenvalue weighted by atomic mass is 9.80. The molecule has 0 unspecified atom stereocenters. The highest BCUT2D eigenvalue weighted by Gasteiger charge is 2.30. The summed E-state index contributed by atoms with van der Waals surface area (Å²) >= 11 is 0. The van der Waals surface area contributed by atoms with E-state index in [4.69, 9.17) is 9.72 Å². The van der Waals surface area contributed by atoms with Crippen LogP contribution in [0.4, 0.5) is 22.7 Å². The summed E-state index contributed by atoms with van der Waals surface area (Å²) in [5.74, 6) is 2.50. The van der Waals surface area contributed by atoms with Gasteiger partial charge in [0.15, 0.2) is 0 Å². The van der Waals surface area contributed by atoms with Crippen LogP contribution >= 0.6 is 0 Å². The van der Waals surface area contributed by atoms with Gasteiger partial charge in [-0.05, 0) is 112 Å². The fraction of sp³-hybridized carbons (Fsp3) is 0.286. The molecule has 0 N–H and O–H groups in total. The molecule has 0 saturated carbocycles. The number of rotatable bonds is 5. The number of hydrogen-bond acceptors (Lipinski definition) is 4. The number of fused-ring (bicyclic) bond motifs is 4. The standard InChI is InChI=1S/C49H52N4O/c1-32-23-36(51-31-52(44-18-14-13-17-43(44)51)37-26-34(48(5,6)7)25-35(27-37)49(8,9)10)29-39(24-32)54-38-19-20-41-40-15-11-12-16-42(40)53(45(41)30-38)46-28-33(21-22-50-46)47(2,3)4/h11-30H,31H2,1-10H3. The van der Waals surface area contributed by atoms with E-state index in [-0.39, 0.29) is 16.2 Å². The summed E-state index contributed by atoms with van der Waals surface area (Å²) in [5, 5.41) is 2.37. The lowest BCUT2D eigenvalue weighted by Crippen LogP contribution is -2.25. The molecule has 54 heavy (non-hydrogen) atoms. The molecule has 0 saturated heterocycles. The van der Waals surface area contributed by atoms with E-state index in [0.29, 0.717) is 6.67 Å². The number of pyridine rings is 1. The molecule has 0 bridgehead atoms. The second-order valence-corrected chi connectivity index (χ2v) is 18.0. The maximum absolute atomic E-state index is 6.76. The molecule has 3 heterocycles. The van der Waals surface area contributed by atoms with Gasteiger partial charge < -0.3 is 14.5 Å². The summed E-state index contributed by atoms with van der Waals surface area (Å²) < 4.78 is 9.03. The number of benzene rings is 5. The number of nitrogens with zero attached hydrogens (tertiary/aromatic N) is 4. The summed E-state index contributed by atoms with van der Waals surface area (Å²) in [6.07, 6.45) is 1.92. The second-order valence-electron chi connectivity index (χ2n) is 18.0. The van der Waals surface area contributed by atoms with E-state index >= 15 is 0 Å². The molecule has 0 atom stereocenters. The van der Waals surface area contributed by atoms with Crippen LogP contribution in [-0.2, 0) is 16.2 Å². The molecule has 5 aromatic carbocycles. The largest absolute Gasteiger partial charge is 0.457 e. The van der Waals surface area contributed by atoms with Crippen molar-refractivity contribution in [2.24, 2.45) is 0 Å². The smallest absolute Gasteiger partial charge is 0.137 e. The Morgan fingerprint density at radius 3 is 1.76 bits per heavy atom. The molecule has 1 aliphatic heterocycles. The fourth-order valence-corrected chi connectivity index (χ4v) is 7.64. The SMILES string of the molecule is Cc1cc(Oc2ccc3c4ccccc4n(-c4cc(C(C)(C)C)ccn4)c3c2)cc(N2CN(c3cc(C(C)(C)C)cc(C(C)(C)C)c3)c3ccccc32)c1. The third kappa shape index (κ3) is 6.51. The molecule has 7 aromatic rings. The van der Waals surface area contributed by atoms with E-state index in [1.165, 1.54) is 44.5 Å². The predicted molar refractivity (Wildman–Crippen MR) is 228 cm³/mol. The van der Waals surface area contributed by atoms with Crippen LogP contribution < -0.4 is 14.5 Å². The number of aromatic nitrogens is 2. The number of anilines is 4. The summed E-state index contributed by atoms with van der Waals surface area (Å²) in [6, 6.07) is 41.8. The maximum Gasteiger partial charge on any atom is 0.137 e. The fourth-order valence-electron chi connectivity index (χ4n) is 7.64. The Morgan fingerprint density at radius 1 is 0.519 bits per heavy atom. The van der Waals surface area contributed by atoms with Gasteiger partial charge in [0, 0.05) is 40.5 Å². The normalized spacial score (nSPS) is 13.6. The average molecular weight is 713 g/mol. The third-order valence-corrected chi connectivity index (χ3v) is 10.8. The molecule has 1 aliphatic rings. The predicted octanol–water partition coefficient (Wildman–Crippen LogP) is 13.4. The lowest BCUT2D eigenvalue weighted by molar-refractivity contribution is 0.483. The van der Waals surface area contributed by atoms with Crippen molar-refractivity contribution in [3.8, 4) is 17.3 Å². The molecular formula is C49H52N4O. The first kappa shape index (κ1) is 35.5. The Balaban J connectivity index is 1.17. The van der Waals surface area contributed by atoms with Crippen molar-refractivity contribution in [1.82, 2.24) is 9.55 Å². The summed E-state index contributed by atoms with van der Waals surface area (Å²) in [6.45, 7) is 23.4. The molecular weight excluding hydrogens is 661 g/mol. The first-order valence-electron chi connectivity index (χ1n) is 19.1. The van der Waals surface area contributed by atoms with Crippen LogP contribution in [0.25, 0.3) is 27.6 Å². The number of para-hydroxylation sites is 3. The van der Waals surface area contributed by atoms with Crippen molar-refractivity contribution in [2.45, 2.75) is 85.5 Å². The van der Waals surface area contributed by atoms with Crippen molar-refractivity contribution in [2.75, 3.05) is 16.5 Å². The first-order chi connectivity index (χ1) is 25.5. The lowest BCUT2D eigenvalue weighted by Gasteiger charge is -2.29. The van der Waals surface area contributed by atoms with E-state index in [2.05, 4.69) is 199 Å². The molecule has 0 fully saturated rings. The zero-order chi connectivity index (χ0) is 38.2. The summed E-state index contributed by atoms with van der Waals surface area (Å²) in [7, 11) is 0. The van der Waals surface area contributed by atoms with E-state index in [1.54, 1.807) is 0 Å². The van der Waals surface area contributed by atoms with Crippen LogP contribution in [0.2, 0.25) is 0 Å². The van der Waals surface area contributed by atoms with Gasteiger partial charge in [-0.3, -0.25) is 4.57 Å². The van der Waals surface area contributed by atoms with Crippen LogP contribution in [0.3, 0.4) is 0 Å². The number of aryl methyl sites for hydroxylation is 1. The minimum absolute atomic E-state index is 0.00626. The number of ether oxygens (including phenoxy) is 1. The third-order valence-electron chi connectivity index (χ3n) is 10.8. The van der Waals surface area contributed by atoms with Crippen LogP contribution in [0.15, 0.2) is 121 Å². The molecule has 2 aromatic heterocycles. The van der Waals surface area contributed by atoms with Gasteiger partial charge in [-0.25, -0.2) is 4.98 Å². The van der Waals surface area contributed by atoms with E-state index < -0.39 is 0 Å². The minimum atomic E-state index is 0.00626. The van der Waals surface area contributed by atoms with Crippen LogP contribution in [0.5, 0.6) is 11.5 Å². The van der Waals surface area contributed by atoms with Crippen molar-refractivity contribution < 1.29 is 4.74 Å². The van der Waals surface area contributed by atoms with Crippen molar-refractivity contribution in [3.63, 3.8) is 0 Å². The molecule has 5 nitrogen and oxygen atoms in total. The summed E-state index contributed by atoms with van der Waals surface area (Å²) in [4.78, 5) is 9.73. The zero-order valence-electron chi connectivity index (χ0n) is 33.5. The van der Waals surface area contributed by atoms with Gasteiger partial charge in [-0.1, -0.05) is 98.7 Å². The maximum atomic E-state index is 6.76. The highest BCUT2D eigenvalue weighted by Crippen LogP contribution is 2.47. The summed E-state index contributed by atoms with van der Waals surface area (Å²) in [5.41, 5.74) is 12.0. The van der Waals surface area contributed by atoms with Crippen molar-refractivity contribution in [3.05, 3.63) is 144 Å². The van der Waals surface area contributed by atoms with Crippen molar-refractivity contribution >= 4 is 44.6 Å². The second kappa shape index (κ2) is 12.8. The Morgan fingerprint density at radius 2 is 1.11 bits per heavy atom. The van der Waals surface area contributed by atoms with E-state index in [9.17, 15) is 0 Å². The first-order valence-corrected chi connectivity index (χ1v) is 19.1. The minimum Gasteiger partial charge on any atom is -0.457 e. The highest BCUT2D eigenvalue weighted by atomic mass is 16.5. The van der Waals surface area contributed by atoms with Gasteiger partial charge in [0.05, 0.1) is 22.4 Å². The van der Waals surface area contributed by atoms with Crippen LogP contribution in [0, 0.1) is 6.92 Å². The van der Waals surface area contributed by atoms with E-state index in [1.807, 2.05) is 6.20 Å². The Labute approximate surface area is 320 Å². The van der Waals surface area contributed by atoms with Crippen LogP contribution in [0.1, 0.15) is 84.6 Å². The topological polar surface area (TPSA) is 33.5 Å². The molecule has 0 amide bonds. The Bertz CT molecular complexity index is 2510. The van der Waals surface area contributed by atoms with Gasteiger partial charge in [-0.15, -0.1) is 0 Å². The monoisotopic (exact) mass is 712 g/mol. The van der Waals surface area contributed by atoms with Crippen LogP contribution in [-0.4, -0.2) is 16.2 Å². The van der Waals surface area contributed by atoms with Gasteiger partial charge in [0.25, 0.3) is 0 Å².